The highest BCUT2D eigenvalue weighted by molar-refractivity contribution is 6.00. The number of Topliss-reactive ketones (excluding diaryl/α,β-unsaturated/α-hetero) is 1. The van der Waals surface area contributed by atoms with Gasteiger partial charge in [-0.2, -0.15) is 0 Å². The molecule has 0 aromatic heterocycles. The van der Waals surface area contributed by atoms with Crippen LogP contribution in [0.2, 0.25) is 0 Å². The fourth-order valence-electron chi connectivity index (χ4n) is 2.02. The molecule has 0 aliphatic heterocycles. The van der Waals surface area contributed by atoms with Gasteiger partial charge < -0.3 is 16.0 Å². The van der Waals surface area contributed by atoms with Gasteiger partial charge >= 0.3 is 6.03 Å². The van der Waals surface area contributed by atoms with E-state index in [0.29, 0.717) is 16.9 Å². The molecule has 2 aromatic carbocycles. The Morgan fingerprint density at radius 2 is 1.54 bits per heavy atom. The number of hydrogen-bond acceptors (Lipinski definition) is 3. The maximum absolute atomic E-state index is 12.0. The number of nitrogens with one attached hydrogen (secondary N) is 3. The van der Waals surface area contributed by atoms with Crippen LogP contribution in [0.3, 0.4) is 0 Å². The standard InChI is InChI=1S/C18H19N3O3/c1-12(17(23)20-15-8-4-3-5-9-15)19-18(24)21-16-10-6-7-14(11-16)13(2)22/h3-12H,1-2H3,(H,20,23)(H2,19,21,24)/t12-/m1/s1. The predicted molar refractivity (Wildman–Crippen MR) is 93.1 cm³/mol. The van der Waals surface area contributed by atoms with Crippen LogP contribution in [0, 0.1) is 0 Å². The number of carbonyl (C=O) groups is 3. The van der Waals surface area contributed by atoms with E-state index in [1.54, 1.807) is 43.3 Å². The first-order valence-corrected chi connectivity index (χ1v) is 7.50. The monoisotopic (exact) mass is 325 g/mol. The number of anilines is 2. The van der Waals surface area contributed by atoms with Crippen LogP contribution in [0.1, 0.15) is 24.2 Å². The maximum atomic E-state index is 12.0. The molecule has 0 saturated heterocycles. The van der Waals surface area contributed by atoms with Gasteiger partial charge in [0.2, 0.25) is 5.91 Å². The zero-order chi connectivity index (χ0) is 17.5. The maximum Gasteiger partial charge on any atom is 0.319 e. The summed E-state index contributed by atoms with van der Waals surface area (Å²) in [6, 6.07) is 14.3. The predicted octanol–water partition coefficient (Wildman–Crippen LogP) is 3.04. The number of rotatable bonds is 5. The van der Waals surface area contributed by atoms with Crippen LogP contribution in [0.15, 0.2) is 54.6 Å². The number of hydrogen-bond donors (Lipinski definition) is 3. The lowest BCUT2D eigenvalue weighted by Gasteiger charge is -2.15. The summed E-state index contributed by atoms with van der Waals surface area (Å²) >= 11 is 0. The first-order chi connectivity index (χ1) is 11.5. The molecule has 0 unspecified atom stereocenters. The largest absolute Gasteiger partial charge is 0.326 e. The summed E-state index contributed by atoms with van der Waals surface area (Å²) in [5.74, 6) is -0.413. The van der Waals surface area contributed by atoms with E-state index in [1.165, 1.54) is 6.92 Å². The summed E-state index contributed by atoms with van der Waals surface area (Å²) in [5, 5.41) is 7.86. The van der Waals surface area contributed by atoms with Crippen LogP contribution in [0.25, 0.3) is 0 Å². The first-order valence-electron chi connectivity index (χ1n) is 7.50. The molecular formula is C18H19N3O3. The van der Waals surface area contributed by atoms with Crippen molar-refractivity contribution >= 4 is 29.1 Å². The molecule has 0 aliphatic rings. The second-order valence-corrected chi connectivity index (χ2v) is 5.31. The van der Waals surface area contributed by atoms with E-state index in [4.69, 9.17) is 0 Å². The Bertz CT molecular complexity index is 744. The van der Waals surface area contributed by atoms with Gasteiger partial charge in [0.15, 0.2) is 5.78 Å². The summed E-state index contributed by atoms with van der Waals surface area (Å²) in [4.78, 5) is 35.4. The smallest absolute Gasteiger partial charge is 0.319 e. The van der Waals surface area contributed by atoms with Gasteiger partial charge in [0.25, 0.3) is 0 Å². The third-order valence-corrected chi connectivity index (χ3v) is 3.31. The third kappa shape index (κ3) is 4.95. The van der Waals surface area contributed by atoms with Crippen molar-refractivity contribution < 1.29 is 14.4 Å². The van der Waals surface area contributed by atoms with Gasteiger partial charge in [0.1, 0.15) is 6.04 Å². The van der Waals surface area contributed by atoms with E-state index in [2.05, 4.69) is 16.0 Å². The SMILES string of the molecule is CC(=O)c1cccc(NC(=O)N[C@H](C)C(=O)Nc2ccccc2)c1. The van der Waals surface area contributed by atoms with E-state index in [0.717, 1.165) is 0 Å². The molecule has 124 valence electrons. The van der Waals surface area contributed by atoms with Gasteiger partial charge in [-0.15, -0.1) is 0 Å². The number of urea groups is 1. The molecule has 2 aromatic rings. The summed E-state index contributed by atoms with van der Waals surface area (Å²) in [7, 11) is 0. The number of para-hydroxylation sites is 1. The highest BCUT2D eigenvalue weighted by atomic mass is 16.2. The molecule has 0 saturated carbocycles. The summed E-state index contributed by atoms with van der Waals surface area (Å²) in [6.07, 6.45) is 0. The molecule has 0 heterocycles. The molecular weight excluding hydrogens is 306 g/mol. The zero-order valence-electron chi connectivity index (χ0n) is 13.5. The number of ketones is 1. The normalized spacial score (nSPS) is 11.2. The molecule has 0 bridgehead atoms. The molecule has 24 heavy (non-hydrogen) atoms. The minimum Gasteiger partial charge on any atom is -0.326 e. The minimum atomic E-state index is -0.721. The van der Waals surface area contributed by atoms with Crippen LogP contribution >= 0.6 is 0 Å². The van der Waals surface area contributed by atoms with E-state index in [1.807, 2.05) is 18.2 Å². The number of benzene rings is 2. The second-order valence-electron chi connectivity index (χ2n) is 5.31. The van der Waals surface area contributed by atoms with Crippen molar-refractivity contribution in [2.24, 2.45) is 0 Å². The molecule has 3 N–H and O–H groups in total. The van der Waals surface area contributed by atoms with E-state index >= 15 is 0 Å². The zero-order valence-corrected chi connectivity index (χ0v) is 13.5. The van der Waals surface area contributed by atoms with Crippen molar-refractivity contribution in [3.63, 3.8) is 0 Å². The highest BCUT2D eigenvalue weighted by Gasteiger charge is 2.15. The van der Waals surface area contributed by atoms with Crippen molar-refractivity contribution in [2.45, 2.75) is 19.9 Å². The average molecular weight is 325 g/mol. The van der Waals surface area contributed by atoms with Crippen LogP contribution < -0.4 is 16.0 Å². The van der Waals surface area contributed by atoms with Crippen molar-refractivity contribution in [3.05, 3.63) is 60.2 Å². The summed E-state index contributed by atoms with van der Waals surface area (Å²) < 4.78 is 0. The van der Waals surface area contributed by atoms with Gasteiger partial charge in [-0.25, -0.2) is 4.79 Å². The highest BCUT2D eigenvalue weighted by Crippen LogP contribution is 2.11. The van der Waals surface area contributed by atoms with Crippen molar-refractivity contribution in [1.29, 1.82) is 0 Å². The number of carbonyl (C=O) groups excluding carboxylic acids is 3. The number of amides is 3. The lowest BCUT2D eigenvalue weighted by molar-refractivity contribution is -0.117. The van der Waals surface area contributed by atoms with E-state index in [-0.39, 0.29) is 11.7 Å². The molecule has 6 nitrogen and oxygen atoms in total. The van der Waals surface area contributed by atoms with Gasteiger partial charge in [-0.05, 0) is 38.1 Å². The molecule has 6 heteroatoms. The molecule has 0 radical (unpaired) electrons. The Balaban J connectivity index is 1.90. The van der Waals surface area contributed by atoms with Crippen LogP contribution in [-0.2, 0) is 4.79 Å². The van der Waals surface area contributed by atoms with Crippen molar-refractivity contribution in [1.82, 2.24) is 5.32 Å². The van der Waals surface area contributed by atoms with E-state index < -0.39 is 12.1 Å². The van der Waals surface area contributed by atoms with E-state index in [9.17, 15) is 14.4 Å². The van der Waals surface area contributed by atoms with Crippen LogP contribution in [-0.4, -0.2) is 23.8 Å². The molecule has 0 fully saturated rings. The minimum absolute atomic E-state index is 0.0883. The van der Waals surface area contributed by atoms with Gasteiger partial charge in [0.05, 0.1) is 0 Å². The Kier molecular flexibility index (Phi) is 5.68. The van der Waals surface area contributed by atoms with Crippen molar-refractivity contribution in [2.75, 3.05) is 10.6 Å². The fourth-order valence-corrected chi connectivity index (χ4v) is 2.02. The Labute approximate surface area is 140 Å². The Hall–Kier alpha value is -3.15. The molecule has 0 spiro atoms. The van der Waals surface area contributed by atoms with Crippen molar-refractivity contribution in [3.8, 4) is 0 Å². The van der Waals surface area contributed by atoms with Gasteiger partial charge in [-0.1, -0.05) is 30.3 Å². The lowest BCUT2D eigenvalue weighted by atomic mass is 10.1. The second kappa shape index (κ2) is 7.92. The lowest BCUT2D eigenvalue weighted by Crippen LogP contribution is -2.43. The average Bonchev–Trinajstić information content (AvgIpc) is 2.55. The first kappa shape index (κ1) is 17.2. The van der Waals surface area contributed by atoms with Crippen LogP contribution in [0.4, 0.5) is 16.2 Å². The molecule has 0 aliphatic carbocycles. The Morgan fingerprint density at radius 1 is 0.875 bits per heavy atom. The molecule has 2 rings (SSSR count). The molecule has 1 atom stereocenters. The summed E-state index contributed by atoms with van der Waals surface area (Å²) in [5.41, 5.74) is 1.64. The van der Waals surface area contributed by atoms with Crippen LogP contribution in [0.5, 0.6) is 0 Å². The Morgan fingerprint density at radius 3 is 2.21 bits per heavy atom. The quantitative estimate of drug-likeness (QED) is 0.738. The van der Waals surface area contributed by atoms with Gasteiger partial charge in [-0.3, -0.25) is 9.59 Å². The molecule has 3 amide bonds. The fraction of sp³-hybridized carbons (Fsp3) is 0.167. The van der Waals surface area contributed by atoms with Gasteiger partial charge in [0, 0.05) is 16.9 Å². The summed E-state index contributed by atoms with van der Waals surface area (Å²) in [6.45, 7) is 3.04. The topological polar surface area (TPSA) is 87.3 Å². The third-order valence-electron chi connectivity index (χ3n) is 3.31.